The summed E-state index contributed by atoms with van der Waals surface area (Å²) in [6.07, 6.45) is 4.42. The Balaban J connectivity index is 1.67. The Bertz CT molecular complexity index is 831. The van der Waals surface area contributed by atoms with Crippen LogP contribution in [0, 0.1) is 0 Å². The van der Waals surface area contributed by atoms with Crippen molar-refractivity contribution in [3.63, 3.8) is 0 Å². The monoisotopic (exact) mass is 398 g/mol. The zero-order valence-corrected chi connectivity index (χ0v) is 16.3. The molecule has 154 valence electrons. The quantitative estimate of drug-likeness (QED) is 0.435. The first-order valence-electron chi connectivity index (χ1n) is 9.74. The number of hydroxylamine groups is 1. The average Bonchev–Trinajstić information content (AvgIpc) is 2.77. The van der Waals surface area contributed by atoms with Gasteiger partial charge in [-0.05, 0) is 50.5 Å². The molecule has 1 fully saturated rings. The second-order valence-corrected chi connectivity index (χ2v) is 7.19. The van der Waals surface area contributed by atoms with Crippen LogP contribution in [0.15, 0.2) is 42.6 Å². The minimum atomic E-state index is -1.25. The summed E-state index contributed by atoms with van der Waals surface area (Å²) in [4.78, 5) is 30.8. The topological polar surface area (TPSA) is 115 Å². The van der Waals surface area contributed by atoms with E-state index >= 15 is 0 Å². The molecular weight excluding hydrogens is 372 g/mol. The average molecular weight is 398 g/mol. The molecule has 0 saturated carbocycles. The van der Waals surface area contributed by atoms with Crippen LogP contribution in [0.4, 0.5) is 5.69 Å². The van der Waals surface area contributed by atoms with E-state index in [9.17, 15) is 14.7 Å². The third-order valence-electron chi connectivity index (χ3n) is 5.07. The summed E-state index contributed by atoms with van der Waals surface area (Å²) >= 11 is 0. The van der Waals surface area contributed by atoms with Gasteiger partial charge in [-0.15, -0.1) is 0 Å². The van der Waals surface area contributed by atoms with Crippen LogP contribution in [0.3, 0.4) is 0 Å². The smallest absolute Gasteiger partial charge is 0.268 e. The van der Waals surface area contributed by atoms with Gasteiger partial charge in [0.25, 0.3) is 11.8 Å². The van der Waals surface area contributed by atoms with Crippen molar-refractivity contribution in [3.8, 4) is 11.3 Å². The molecule has 1 saturated heterocycles. The van der Waals surface area contributed by atoms with Crippen LogP contribution in [0.5, 0.6) is 0 Å². The van der Waals surface area contributed by atoms with Gasteiger partial charge in [0.05, 0.1) is 23.7 Å². The number of carbonyl (C=O) groups is 2. The number of carbonyl (C=O) groups excluding carboxylic acids is 2. The van der Waals surface area contributed by atoms with Crippen molar-refractivity contribution in [2.45, 2.75) is 38.3 Å². The number of nitrogens with one attached hydrogen (secondary N) is 2. The van der Waals surface area contributed by atoms with E-state index in [0.717, 1.165) is 30.0 Å². The summed E-state index contributed by atoms with van der Waals surface area (Å²) in [7, 11) is 0. The van der Waals surface area contributed by atoms with Crippen molar-refractivity contribution in [3.05, 3.63) is 48.2 Å². The number of hydrogen-bond acceptors (Lipinski definition) is 6. The van der Waals surface area contributed by atoms with Crippen molar-refractivity contribution in [1.29, 1.82) is 0 Å². The summed E-state index contributed by atoms with van der Waals surface area (Å²) < 4.78 is 0. The first-order valence-corrected chi connectivity index (χ1v) is 9.74. The molecule has 1 aliphatic rings. The first-order chi connectivity index (χ1) is 14.0. The number of anilines is 1. The van der Waals surface area contributed by atoms with Crippen LogP contribution in [-0.4, -0.2) is 52.3 Å². The zero-order chi connectivity index (χ0) is 20.8. The molecular formula is C21H26N4O4. The number of aliphatic hydroxyl groups is 1. The SMILES string of the molecule is C[C@@H](O)[C@H](NC(=O)c1ccc(-c2ccc(N3CCCCC3)cn2)cc1)C(=O)NO. The molecule has 0 spiro atoms. The fourth-order valence-corrected chi connectivity index (χ4v) is 3.39. The van der Waals surface area contributed by atoms with E-state index in [4.69, 9.17) is 5.21 Å². The third-order valence-corrected chi connectivity index (χ3v) is 5.07. The Hall–Kier alpha value is -2.97. The minimum Gasteiger partial charge on any atom is -0.391 e. The van der Waals surface area contributed by atoms with Crippen molar-refractivity contribution >= 4 is 17.5 Å². The van der Waals surface area contributed by atoms with Gasteiger partial charge in [-0.2, -0.15) is 0 Å². The second-order valence-electron chi connectivity index (χ2n) is 7.19. The third kappa shape index (κ3) is 5.10. The number of aliphatic hydroxyl groups excluding tert-OH is 1. The number of amides is 2. The van der Waals surface area contributed by atoms with Gasteiger partial charge in [0.15, 0.2) is 0 Å². The highest BCUT2D eigenvalue weighted by molar-refractivity contribution is 5.97. The number of benzene rings is 1. The molecule has 0 unspecified atom stereocenters. The summed E-state index contributed by atoms with van der Waals surface area (Å²) in [6.45, 7) is 3.47. The molecule has 2 amide bonds. The molecule has 3 rings (SSSR count). The van der Waals surface area contributed by atoms with Crippen LogP contribution in [-0.2, 0) is 4.79 Å². The molecule has 8 nitrogen and oxygen atoms in total. The van der Waals surface area contributed by atoms with Gasteiger partial charge in [0.2, 0.25) is 0 Å². The Morgan fingerprint density at radius 1 is 1.07 bits per heavy atom. The number of nitrogens with zero attached hydrogens (tertiary/aromatic N) is 2. The highest BCUT2D eigenvalue weighted by Gasteiger charge is 2.25. The van der Waals surface area contributed by atoms with Gasteiger partial charge < -0.3 is 15.3 Å². The van der Waals surface area contributed by atoms with Crippen molar-refractivity contribution in [2.24, 2.45) is 0 Å². The van der Waals surface area contributed by atoms with E-state index in [1.807, 2.05) is 12.3 Å². The number of rotatable bonds is 6. The number of hydrogen-bond donors (Lipinski definition) is 4. The summed E-state index contributed by atoms with van der Waals surface area (Å²) in [6, 6.07) is 9.59. The van der Waals surface area contributed by atoms with Crippen LogP contribution in [0.25, 0.3) is 11.3 Å². The van der Waals surface area contributed by atoms with Crippen LogP contribution >= 0.6 is 0 Å². The van der Waals surface area contributed by atoms with Crippen LogP contribution in [0.1, 0.15) is 36.5 Å². The molecule has 29 heavy (non-hydrogen) atoms. The van der Waals surface area contributed by atoms with Crippen molar-refractivity contribution in [2.75, 3.05) is 18.0 Å². The summed E-state index contributed by atoms with van der Waals surface area (Å²) in [5.74, 6) is -1.41. The Kier molecular flexibility index (Phi) is 6.79. The van der Waals surface area contributed by atoms with Gasteiger partial charge in [0, 0.05) is 24.2 Å². The maximum absolute atomic E-state index is 12.3. The maximum Gasteiger partial charge on any atom is 0.268 e. The first kappa shape index (κ1) is 20.8. The van der Waals surface area contributed by atoms with Gasteiger partial charge in [-0.3, -0.25) is 19.8 Å². The van der Waals surface area contributed by atoms with E-state index in [-0.39, 0.29) is 0 Å². The van der Waals surface area contributed by atoms with E-state index < -0.39 is 24.0 Å². The van der Waals surface area contributed by atoms with Gasteiger partial charge >= 0.3 is 0 Å². The molecule has 0 radical (unpaired) electrons. The molecule has 1 aromatic carbocycles. The lowest BCUT2D eigenvalue weighted by atomic mass is 10.1. The molecule has 0 aliphatic carbocycles. The molecule has 4 N–H and O–H groups in total. The molecule has 1 aromatic heterocycles. The molecule has 2 aromatic rings. The van der Waals surface area contributed by atoms with Crippen LogP contribution < -0.4 is 15.7 Å². The van der Waals surface area contributed by atoms with Crippen LogP contribution in [0.2, 0.25) is 0 Å². The minimum absolute atomic E-state index is 0.329. The molecule has 1 aliphatic heterocycles. The Labute approximate surface area is 169 Å². The lowest BCUT2D eigenvalue weighted by Gasteiger charge is -2.28. The second kappa shape index (κ2) is 9.49. The van der Waals surface area contributed by atoms with E-state index in [0.29, 0.717) is 5.56 Å². The normalized spacial score (nSPS) is 16.0. The van der Waals surface area contributed by atoms with E-state index in [2.05, 4.69) is 21.3 Å². The fraction of sp³-hybridized carbons (Fsp3) is 0.381. The highest BCUT2D eigenvalue weighted by Crippen LogP contribution is 2.23. The lowest BCUT2D eigenvalue weighted by molar-refractivity contribution is -0.133. The van der Waals surface area contributed by atoms with Crippen molar-refractivity contribution in [1.82, 2.24) is 15.8 Å². The standard InChI is InChI=1S/C21H26N4O4/c1-14(26)19(21(28)24-29)23-20(27)16-7-5-15(6-8-16)18-10-9-17(13-22-18)25-11-3-2-4-12-25/h5-10,13-14,19,26,29H,2-4,11-12H2,1H3,(H,23,27)(H,24,28)/t14-,19+/m1/s1. The van der Waals surface area contributed by atoms with E-state index in [1.165, 1.54) is 31.7 Å². The number of piperidine rings is 1. The number of pyridine rings is 1. The Morgan fingerprint density at radius 3 is 2.31 bits per heavy atom. The van der Waals surface area contributed by atoms with Gasteiger partial charge in [-0.1, -0.05) is 12.1 Å². The highest BCUT2D eigenvalue weighted by atomic mass is 16.5. The Morgan fingerprint density at radius 2 is 1.76 bits per heavy atom. The summed E-state index contributed by atoms with van der Waals surface area (Å²) in [5.41, 5.74) is 4.56. The van der Waals surface area contributed by atoms with Gasteiger partial charge in [0.1, 0.15) is 6.04 Å². The maximum atomic E-state index is 12.3. The molecule has 2 atom stereocenters. The largest absolute Gasteiger partial charge is 0.391 e. The molecule has 0 bridgehead atoms. The molecule has 8 heteroatoms. The predicted octanol–water partition coefficient (Wildman–Crippen LogP) is 1.72. The number of aromatic nitrogens is 1. The van der Waals surface area contributed by atoms with Gasteiger partial charge in [-0.25, -0.2) is 5.48 Å². The zero-order valence-electron chi connectivity index (χ0n) is 16.3. The van der Waals surface area contributed by atoms with E-state index in [1.54, 1.807) is 24.3 Å². The fourth-order valence-electron chi connectivity index (χ4n) is 3.39. The summed E-state index contributed by atoms with van der Waals surface area (Å²) in [5, 5.41) is 20.8. The predicted molar refractivity (Wildman–Crippen MR) is 109 cm³/mol. The van der Waals surface area contributed by atoms with Crippen molar-refractivity contribution < 1.29 is 19.9 Å². The lowest BCUT2D eigenvalue weighted by Crippen LogP contribution is -2.51. The molecule has 2 heterocycles.